The number of primary amides is 1. The molecule has 0 radical (unpaired) electrons. The van der Waals surface area contributed by atoms with Crippen molar-refractivity contribution < 1.29 is 22.7 Å². The Kier molecular flexibility index (Phi) is 5.20. The van der Waals surface area contributed by atoms with Crippen molar-refractivity contribution in [2.45, 2.75) is 11.3 Å². The number of nitrogens with one attached hydrogen (secondary N) is 1. The molecule has 1 saturated heterocycles. The molecule has 0 spiro atoms. The van der Waals surface area contributed by atoms with Crippen LogP contribution in [0, 0.1) is 0 Å². The Morgan fingerprint density at radius 3 is 2.66 bits per heavy atom. The van der Waals surface area contributed by atoms with E-state index in [1.165, 1.54) is 16.6 Å². The zero-order valence-corrected chi connectivity index (χ0v) is 18.0. The van der Waals surface area contributed by atoms with Crippen molar-refractivity contribution in [3.8, 4) is 5.75 Å². The van der Waals surface area contributed by atoms with E-state index in [1.54, 1.807) is 12.1 Å². The predicted octanol–water partition coefficient (Wildman–Crippen LogP) is 2.03. The van der Waals surface area contributed by atoms with Gasteiger partial charge in [0, 0.05) is 42.3 Å². The zero-order chi connectivity index (χ0) is 22.3. The van der Waals surface area contributed by atoms with Crippen LogP contribution in [0.1, 0.15) is 15.9 Å². The Morgan fingerprint density at radius 1 is 1.09 bits per heavy atom. The lowest BCUT2D eigenvalue weighted by Gasteiger charge is -2.26. The van der Waals surface area contributed by atoms with Gasteiger partial charge in [0.05, 0.1) is 36.6 Å². The number of ether oxygens (including phenoxy) is 2. The number of nitrogens with two attached hydrogens (primary N) is 1. The fourth-order valence-corrected chi connectivity index (χ4v) is 5.69. The minimum atomic E-state index is -3.79. The molecule has 1 fully saturated rings. The minimum Gasteiger partial charge on any atom is -0.493 e. The highest BCUT2D eigenvalue weighted by molar-refractivity contribution is 7.89. The molecule has 2 aliphatic rings. The number of sulfonamides is 1. The van der Waals surface area contributed by atoms with Crippen molar-refractivity contribution in [2.24, 2.45) is 5.73 Å². The minimum absolute atomic E-state index is 0.0811. The Hall–Kier alpha value is -3.21. The second-order valence-corrected chi connectivity index (χ2v) is 9.49. The molecule has 3 N–H and O–H groups in total. The zero-order valence-electron chi connectivity index (χ0n) is 17.2. The largest absolute Gasteiger partial charge is 0.493 e. The first-order valence-electron chi connectivity index (χ1n) is 10.3. The molecule has 5 rings (SSSR count). The van der Waals surface area contributed by atoms with E-state index in [1.807, 2.05) is 18.2 Å². The SMILES string of the molecule is NC(=O)c1cnc2c(S(=O)(=O)N3CCOCC3)cccc2c1Nc1cccc2c1CCO2. The van der Waals surface area contributed by atoms with Crippen LogP contribution in [0.25, 0.3) is 10.9 Å². The van der Waals surface area contributed by atoms with Crippen LogP contribution in [0.2, 0.25) is 0 Å². The van der Waals surface area contributed by atoms with Crippen LogP contribution in [-0.2, 0) is 21.2 Å². The van der Waals surface area contributed by atoms with E-state index in [9.17, 15) is 13.2 Å². The molecule has 2 aromatic carbocycles. The van der Waals surface area contributed by atoms with E-state index in [0.29, 0.717) is 30.9 Å². The van der Waals surface area contributed by atoms with Crippen LogP contribution in [0.3, 0.4) is 0 Å². The number of nitrogens with zero attached hydrogens (tertiary/aromatic N) is 2. The lowest BCUT2D eigenvalue weighted by molar-refractivity contribution is 0.0730. The van der Waals surface area contributed by atoms with Crippen LogP contribution in [0.5, 0.6) is 5.75 Å². The van der Waals surface area contributed by atoms with E-state index in [4.69, 9.17) is 15.2 Å². The molecular weight excluding hydrogens is 432 g/mol. The van der Waals surface area contributed by atoms with Gasteiger partial charge < -0.3 is 20.5 Å². The number of anilines is 2. The van der Waals surface area contributed by atoms with Gasteiger partial charge in [-0.1, -0.05) is 18.2 Å². The summed E-state index contributed by atoms with van der Waals surface area (Å²) in [6.45, 7) is 1.82. The van der Waals surface area contributed by atoms with Gasteiger partial charge in [0.25, 0.3) is 5.91 Å². The highest BCUT2D eigenvalue weighted by Gasteiger charge is 2.29. The highest BCUT2D eigenvalue weighted by Crippen LogP contribution is 2.37. The number of rotatable bonds is 5. The maximum absolute atomic E-state index is 13.3. The predicted molar refractivity (Wildman–Crippen MR) is 119 cm³/mol. The molecular formula is C22H22N4O5S. The van der Waals surface area contributed by atoms with Crippen molar-refractivity contribution >= 4 is 38.2 Å². The van der Waals surface area contributed by atoms with Gasteiger partial charge in [-0.3, -0.25) is 9.78 Å². The normalized spacial score (nSPS) is 16.5. The number of para-hydroxylation sites is 1. The Balaban J connectivity index is 1.67. The van der Waals surface area contributed by atoms with Gasteiger partial charge in [0.1, 0.15) is 10.6 Å². The van der Waals surface area contributed by atoms with Gasteiger partial charge in [-0.15, -0.1) is 0 Å². The topological polar surface area (TPSA) is 124 Å². The number of amides is 1. The standard InChI is InChI=1S/C22H22N4O5S/c23-22(27)16-13-24-21-15(20(16)25-17-4-2-5-18-14(17)7-10-31-18)3-1-6-19(21)32(28,29)26-8-11-30-12-9-26/h1-6,13H,7-12H2,(H2,23,27)(H,24,25). The second kappa shape index (κ2) is 8.05. The van der Waals surface area contributed by atoms with Crippen molar-refractivity contribution in [1.82, 2.24) is 9.29 Å². The van der Waals surface area contributed by atoms with E-state index in [0.717, 1.165) is 23.4 Å². The Morgan fingerprint density at radius 2 is 1.88 bits per heavy atom. The number of carbonyl (C=O) groups is 1. The molecule has 3 aromatic rings. The second-order valence-electron chi connectivity index (χ2n) is 7.59. The number of aromatic nitrogens is 1. The molecule has 9 nitrogen and oxygen atoms in total. The lowest BCUT2D eigenvalue weighted by Crippen LogP contribution is -2.40. The molecule has 1 amide bonds. The van der Waals surface area contributed by atoms with Gasteiger partial charge in [-0.2, -0.15) is 4.31 Å². The van der Waals surface area contributed by atoms with Crippen LogP contribution >= 0.6 is 0 Å². The summed E-state index contributed by atoms with van der Waals surface area (Å²) in [6, 6.07) is 10.5. The van der Waals surface area contributed by atoms with Crippen molar-refractivity contribution in [3.63, 3.8) is 0 Å². The molecule has 0 saturated carbocycles. The van der Waals surface area contributed by atoms with Crippen LogP contribution < -0.4 is 15.8 Å². The van der Waals surface area contributed by atoms with Gasteiger partial charge in [-0.05, 0) is 18.2 Å². The molecule has 3 heterocycles. The number of fused-ring (bicyclic) bond motifs is 2. The third-order valence-electron chi connectivity index (χ3n) is 5.72. The van der Waals surface area contributed by atoms with E-state index in [2.05, 4.69) is 10.3 Å². The van der Waals surface area contributed by atoms with Crippen molar-refractivity contribution in [1.29, 1.82) is 0 Å². The molecule has 0 aliphatic carbocycles. The molecule has 166 valence electrons. The maximum Gasteiger partial charge on any atom is 0.252 e. The third-order valence-corrected chi connectivity index (χ3v) is 7.65. The quantitative estimate of drug-likeness (QED) is 0.604. The number of hydrogen-bond donors (Lipinski definition) is 2. The van der Waals surface area contributed by atoms with E-state index < -0.39 is 15.9 Å². The molecule has 0 atom stereocenters. The first-order valence-corrected chi connectivity index (χ1v) is 11.7. The van der Waals surface area contributed by atoms with Gasteiger partial charge in [0.2, 0.25) is 10.0 Å². The van der Waals surface area contributed by atoms with Gasteiger partial charge >= 0.3 is 0 Å². The van der Waals surface area contributed by atoms with Crippen LogP contribution in [-0.4, -0.2) is 56.5 Å². The first kappa shape index (κ1) is 20.7. The van der Waals surface area contributed by atoms with Crippen molar-refractivity contribution in [2.75, 3.05) is 38.2 Å². The smallest absolute Gasteiger partial charge is 0.252 e. The van der Waals surface area contributed by atoms with Crippen LogP contribution in [0.4, 0.5) is 11.4 Å². The summed E-state index contributed by atoms with van der Waals surface area (Å²) < 4.78 is 39.0. The number of carbonyl (C=O) groups excluding carboxylic acids is 1. The average Bonchev–Trinajstić information content (AvgIpc) is 3.29. The molecule has 10 heteroatoms. The monoisotopic (exact) mass is 454 g/mol. The fraction of sp³-hybridized carbons (Fsp3) is 0.273. The van der Waals surface area contributed by atoms with Crippen molar-refractivity contribution in [3.05, 3.63) is 53.7 Å². The molecule has 2 aliphatic heterocycles. The van der Waals surface area contributed by atoms with E-state index >= 15 is 0 Å². The number of morpholine rings is 1. The molecule has 0 unspecified atom stereocenters. The fourth-order valence-electron chi connectivity index (χ4n) is 4.13. The number of hydrogen-bond acceptors (Lipinski definition) is 7. The number of pyridine rings is 1. The van der Waals surface area contributed by atoms with Gasteiger partial charge in [-0.25, -0.2) is 8.42 Å². The summed E-state index contributed by atoms with van der Waals surface area (Å²) in [5.41, 5.74) is 8.26. The average molecular weight is 455 g/mol. The summed E-state index contributed by atoms with van der Waals surface area (Å²) in [7, 11) is -3.79. The summed E-state index contributed by atoms with van der Waals surface area (Å²) in [5, 5.41) is 3.80. The maximum atomic E-state index is 13.3. The summed E-state index contributed by atoms with van der Waals surface area (Å²) >= 11 is 0. The van der Waals surface area contributed by atoms with Gasteiger partial charge in [0.15, 0.2) is 0 Å². The van der Waals surface area contributed by atoms with E-state index in [-0.39, 0.29) is 29.1 Å². The lowest BCUT2D eigenvalue weighted by atomic mass is 10.1. The Labute approximate surface area is 185 Å². The summed E-state index contributed by atoms with van der Waals surface area (Å²) in [5.74, 6) is 0.122. The Bertz CT molecular complexity index is 1320. The first-order chi connectivity index (χ1) is 15.5. The molecule has 1 aromatic heterocycles. The summed E-state index contributed by atoms with van der Waals surface area (Å²) in [4.78, 5) is 16.6. The third kappa shape index (κ3) is 3.46. The molecule has 0 bridgehead atoms. The highest BCUT2D eigenvalue weighted by atomic mass is 32.2. The molecule has 32 heavy (non-hydrogen) atoms. The summed E-state index contributed by atoms with van der Waals surface area (Å²) in [6.07, 6.45) is 2.05. The van der Waals surface area contributed by atoms with Crippen LogP contribution in [0.15, 0.2) is 47.5 Å². The number of benzene rings is 2.